The number of hydrogen-bond donors (Lipinski definition) is 0. The van der Waals surface area contributed by atoms with Crippen molar-refractivity contribution in [3.63, 3.8) is 0 Å². The van der Waals surface area contributed by atoms with E-state index in [-0.39, 0.29) is 18.6 Å². The molecule has 1 saturated heterocycles. The molecule has 0 aromatic heterocycles. The number of methoxy groups -OCH3 is 2. The molecule has 3 aromatic carbocycles. The fourth-order valence-corrected chi connectivity index (χ4v) is 4.33. The predicted octanol–water partition coefficient (Wildman–Crippen LogP) is 3.99. The second kappa shape index (κ2) is 12.0. The second-order valence-corrected chi connectivity index (χ2v) is 8.26. The molecule has 1 heterocycles. The third kappa shape index (κ3) is 6.19. The van der Waals surface area contributed by atoms with Crippen LogP contribution in [0.3, 0.4) is 0 Å². The van der Waals surface area contributed by atoms with E-state index < -0.39 is 0 Å². The Morgan fingerprint density at radius 1 is 0.857 bits per heavy atom. The molecule has 3 aromatic rings. The Labute approximate surface area is 206 Å². The minimum atomic E-state index is -0.0927. The molecule has 0 saturated carbocycles. The highest BCUT2D eigenvalue weighted by molar-refractivity contribution is 5.81. The summed E-state index contributed by atoms with van der Waals surface area (Å²) in [5, 5.41) is 3.95. The zero-order valence-electron chi connectivity index (χ0n) is 20.2. The predicted molar refractivity (Wildman–Crippen MR) is 136 cm³/mol. The van der Waals surface area contributed by atoms with Gasteiger partial charge in [-0.05, 0) is 29.3 Å². The molecule has 1 amide bonds. The van der Waals surface area contributed by atoms with E-state index in [4.69, 9.17) is 14.3 Å². The van der Waals surface area contributed by atoms with E-state index in [1.165, 1.54) is 11.1 Å². The van der Waals surface area contributed by atoms with E-state index in [1.54, 1.807) is 32.6 Å². The van der Waals surface area contributed by atoms with Crippen molar-refractivity contribution in [2.75, 3.05) is 47.0 Å². The molecular weight excluding hydrogens is 442 g/mol. The third-order valence-corrected chi connectivity index (χ3v) is 6.13. The topological polar surface area (TPSA) is 63.6 Å². The quantitative estimate of drug-likeness (QED) is 0.347. The van der Waals surface area contributed by atoms with E-state index in [2.05, 4.69) is 58.6 Å². The van der Waals surface area contributed by atoms with Crippen LogP contribution in [0.15, 0.2) is 84.0 Å². The van der Waals surface area contributed by atoms with Gasteiger partial charge in [-0.15, -0.1) is 0 Å². The number of carbonyl (C=O) groups excluding carboxylic acids is 1. The average molecular weight is 474 g/mol. The first-order valence-corrected chi connectivity index (χ1v) is 11.7. The molecule has 0 unspecified atom stereocenters. The Hall–Kier alpha value is -3.84. The summed E-state index contributed by atoms with van der Waals surface area (Å²) >= 11 is 0. The van der Waals surface area contributed by atoms with Crippen LogP contribution in [-0.4, -0.2) is 68.9 Å². The number of ether oxygens (including phenoxy) is 2. The Kier molecular flexibility index (Phi) is 8.35. The van der Waals surface area contributed by atoms with Crippen LogP contribution in [-0.2, 0) is 9.63 Å². The lowest BCUT2D eigenvalue weighted by molar-refractivity contribution is -0.138. The summed E-state index contributed by atoms with van der Waals surface area (Å²) in [5.74, 6) is 1.18. The first-order valence-electron chi connectivity index (χ1n) is 11.7. The van der Waals surface area contributed by atoms with Crippen LogP contribution in [0, 0.1) is 0 Å². The van der Waals surface area contributed by atoms with Crippen LogP contribution >= 0.6 is 0 Å². The number of benzene rings is 3. The summed E-state index contributed by atoms with van der Waals surface area (Å²) in [7, 11) is 3.17. The molecule has 0 bridgehead atoms. The van der Waals surface area contributed by atoms with E-state index in [9.17, 15) is 4.79 Å². The Bertz CT molecular complexity index is 1070. The van der Waals surface area contributed by atoms with Crippen molar-refractivity contribution in [2.24, 2.45) is 5.16 Å². The summed E-state index contributed by atoms with van der Waals surface area (Å²) < 4.78 is 10.5. The Balaban J connectivity index is 1.31. The number of hydrogen-bond acceptors (Lipinski definition) is 6. The summed E-state index contributed by atoms with van der Waals surface area (Å²) in [6.45, 7) is 2.78. The van der Waals surface area contributed by atoms with Crippen molar-refractivity contribution in [2.45, 2.75) is 6.04 Å². The van der Waals surface area contributed by atoms with E-state index in [1.807, 2.05) is 23.1 Å². The lowest BCUT2D eigenvalue weighted by Crippen LogP contribution is -2.50. The number of rotatable bonds is 9. The van der Waals surface area contributed by atoms with Gasteiger partial charge in [-0.25, -0.2) is 0 Å². The molecule has 0 radical (unpaired) electrons. The van der Waals surface area contributed by atoms with Gasteiger partial charge in [0.2, 0.25) is 0 Å². The van der Waals surface area contributed by atoms with Gasteiger partial charge in [0.05, 0.1) is 26.5 Å². The van der Waals surface area contributed by atoms with Crippen LogP contribution in [0.5, 0.6) is 11.5 Å². The number of oxime groups is 1. The van der Waals surface area contributed by atoms with Crippen LogP contribution in [0.1, 0.15) is 22.7 Å². The monoisotopic (exact) mass is 473 g/mol. The van der Waals surface area contributed by atoms with Gasteiger partial charge in [0.15, 0.2) is 18.1 Å². The molecular formula is C28H31N3O4. The van der Waals surface area contributed by atoms with Crippen LogP contribution < -0.4 is 9.47 Å². The van der Waals surface area contributed by atoms with Gasteiger partial charge in [0, 0.05) is 31.7 Å². The molecule has 1 aliphatic rings. The minimum Gasteiger partial charge on any atom is -0.493 e. The fraction of sp³-hybridized carbons (Fsp3) is 0.286. The van der Waals surface area contributed by atoms with Gasteiger partial charge in [0.1, 0.15) is 0 Å². The van der Waals surface area contributed by atoms with Gasteiger partial charge in [-0.3, -0.25) is 9.69 Å². The normalized spacial score (nSPS) is 14.3. The lowest BCUT2D eigenvalue weighted by atomic mass is 9.96. The molecule has 0 spiro atoms. The molecule has 7 nitrogen and oxygen atoms in total. The van der Waals surface area contributed by atoms with Crippen molar-refractivity contribution in [3.8, 4) is 11.5 Å². The van der Waals surface area contributed by atoms with Gasteiger partial charge >= 0.3 is 0 Å². The zero-order valence-corrected chi connectivity index (χ0v) is 20.2. The second-order valence-electron chi connectivity index (χ2n) is 8.26. The first kappa shape index (κ1) is 24.3. The first-order chi connectivity index (χ1) is 17.2. The van der Waals surface area contributed by atoms with Crippen LogP contribution in [0.25, 0.3) is 0 Å². The SMILES string of the molecule is COc1ccc(C=NOCC(=O)N2CCN(C(c3ccccc3)c3ccccc3)CC2)cc1OC. The highest BCUT2D eigenvalue weighted by Crippen LogP contribution is 2.29. The van der Waals surface area contributed by atoms with Gasteiger partial charge in [-0.1, -0.05) is 65.8 Å². The molecule has 0 N–H and O–H groups in total. The smallest absolute Gasteiger partial charge is 0.263 e. The molecule has 7 heteroatoms. The van der Waals surface area contributed by atoms with Crippen molar-refractivity contribution in [1.29, 1.82) is 0 Å². The molecule has 35 heavy (non-hydrogen) atoms. The van der Waals surface area contributed by atoms with Gasteiger partial charge in [0.25, 0.3) is 5.91 Å². The number of nitrogens with zero attached hydrogens (tertiary/aromatic N) is 3. The van der Waals surface area contributed by atoms with Crippen LogP contribution in [0.2, 0.25) is 0 Å². The minimum absolute atomic E-state index is 0.0647. The van der Waals surface area contributed by atoms with Crippen molar-refractivity contribution in [1.82, 2.24) is 9.80 Å². The van der Waals surface area contributed by atoms with Crippen molar-refractivity contribution >= 4 is 12.1 Å². The zero-order chi connectivity index (χ0) is 24.5. The molecule has 0 atom stereocenters. The van der Waals surface area contributed by atoms with Gasteiger partial charge < -0.3 is 19.2 Å². The largest absolute Gasteiger partial charge is 0.493 e. The van der Waals surface area contributed by atoms with Crippen LogP contribution in [0.4, 0.5) is 0 Å². The number of piperazine rings is 1. The van der Waals surface area contributed by atoms with Crippen molar-refractivity contribution < 1.29 is 19.1 Å². The Morgan fingerprint density at radius 3 is 2.03 bits per heavy atom. The summed E-state index contributed by atoms with van der Waals surface area (Å²) in [5.41, 5.74) is 3.30. The molecule has 182 valence electrons. The molecule has 1 aliphatic heterocycles. The molecule has 4 rings (SSSR count). The Morgan fingerprint density at radius 2 is 1.46 bits per heavy atom. The summed E-state index contributed by atoms with van der Waals surface area (Å²) in [4.78, 5) is 22.2. The highest BCUT2D eigenvalue weighted by Gasteiger charge is 2.28. The maximum Gasteiger partial charge on any atom is 0.263 e. The fourth-order valence-electron chi connectivity index (χ4n) is 4.33. The average Bonchev–Trinajstić information content (AvgIpc) is 2.92. The van der Waals surface area contributed by atoms with Gasteiger partial charge in [-0.2, -0.15) is 0 Å². The summed E-state index contributed by atoms with van der Waals surface area (Å²) in [6, 6.07) is 26.6. The van der Waals surface area contributed by atoms with E-state index >= 15 is 0 Å². The molecule has 1 fully saturated rings. The maximum atomic E-state index is 12.7. The standard InChI is InChI=1S/C28H31N3O4/c1-33-25-14-13-22(19-26(25)34-2)20-29-35-21-27(32)30-15-17-31(18-16-30)28(23-9-5-3-6-10-23)24-11-7-4-8-12-24/h3-14,19-20,28H,15-18,21H2,1-2H3. The summed E-state index contributed by atoms with van der Waals surface area (Å²) in [6.07, 6.45) is 1.55. The van der Waals surface area contributed by atoms with Crippen molar-refractivity contribution in [3.05, 3.63) is 95.6 Å². The maximum absolute atomic E-state index is 12.7. The highest BCUT2D eigenvalue weighted by atomic mass is 16.6. The van der Waals surface area contributed by atoms with E-state index in [0.717, 1.165) is 18.7 Å². The lowest BCUT2D eigenvalue weighted by Gasteiger charge is -2.39. The third-order valence-electron chi connectivity index (χ3n) is 6.13. The van der Waals surface area contributed by atoms with E-state index in [0.29, 0.717) is 24.6 Å². The number of amides is 1. The molecule has 0 aliphatic carbocycles. The number of carbonyl (C=O) groups is 1.